The maximum atomic E-state index is 13.2. The fourth-order valence-electron chi connectivity index (χ4n) is 3.95. The first-order valence-corrected chi connectivity index (χ1v) is 11.5. The van der Waals surface area contributed by atoms with Gasteiger partial charge in [-0.2, -0.15) is 0 Å². The van der Waals surface area contributed by atoms with Gasteiger partial charge in [0.1, 0.15) is 17.6 Å². The Balaban J connectivity index is 1.54. The van der Waals surface area contributed by atoms with Crippen molar-refractivity contribution in [1.29, 1.82) is 0 Å². The highest BCUT2D eigenvalue weighted by molar-refractivity contribution is 5.87. The van der Waals surface area contributed by atoms with Gasteiger partial charge in [-0.15, -0.1) is 0 Å². The minimum Gasteiger partial charge on any atom is -0.497 e. The van der Waals surface area contributed by atoms with E-state index in [9.17, 15) is 14.0 Å². The first-order valence-electron chi connectivity index (χ1n) is 11.5. The van der Waals surface area contributed by atoms with Crippen molar-refractivity contribution in [3.63, 3.8) is 0 Å². The molecule has 3 amide bonds. The summed E-state index contributed by atoms with van der Waals surface area (Å²) in [5.74, 6) is 0.446. The van der Waals surface area contributed by atoms with Crippen molar-refractivity contribution in [3.05, 3.63) is 59.9 Å². The third-order valence-corrected chi connectivity index (χ3v) is 5.79. The van der Waals surface area contributed by atoms with Crippen LogP contribution in [0.3, 0.4) is 0 Å². The Hall–Kier alpha value is -3.29. The Bertz CT molecular complexity index is 905. The zero-order valence-corrected chi connectivity index (χ0v) is 19.4. The van der Waals surface area contributed by atoms with Gasteiger partial charge in [-0.05, 0) is 54.8 Å². The number of hydrogen-bond donors (Lipinski definition) is 2. The van der Waals surface area contributed by atoms with Crippen LogP contribution in [0.1, 0.15) is 31.7 Å². The summed E-state index contributed by atoms with van der Waals surface area (Å²) in [6.07, 6.45) is 2.20. The van der Waals surface area contributed by atoms with E-state index in [1.807, 2.05) is 36.1 Å². The second kappa shape index (κ2) is 12.1. The van der Waals surface area contributed by atoms with Gasteiger partial charge in [0.2, 0.25) is 5.91 Å². The predicted molar refractivity (Wildman–Crippen MR) is 127 cm³/mol. The van der Waals surface area contributed by atoms with Gasteiger partial charge in [0.05, 0.1) is 7.11 Å². The summed E-state index contributed by atoms with van der Waals surface area (Å²) in [5, 5.41) is 5.58. The average molecular weight is 457 g/mol. The van der Waals surface area contributed by atoms with E-state index in [4.69, 9.17) is 4.74 Å². The number of amides is 3. The van der Waals surface area contributed by atoms with Crippen LogP contribution in [0.5, 0.6) is 5.75 Å². The molecule has 1 saturated heterocycles. The summed E-state index contributed by atoms with van der Waals surface area (Å²) >= 11 is 0. The lowest BCUT2D eigenvalue weighted by Crippen LogP contribution is -2.51. The molecule has 2 N–H and O–H groups in total. The molecule has 0 saturated carbocycles. The van der Waals surface area contributed by atoms with Crippen LogP contribution in [0.25, 0.3) is 0 Å². The van der Waals surface area contributed by atoms with Gasteiger partial charge in [-0.25, -0.2) is 9.18 Å². The summed E-state index contributed by atoms with van der Waals surface area (Å²) in [6, 6.07) is 12.9. The van der Waals surface area contributed by atoms with Gasteiger partial charge in [-0.1, -0.05) is 25.5 Å². The second-order valence-electron chi connectivity index (χ2n) is 8.16. The van der Waals surface area contributed by atoms with Gasteiger partial charge in [0, 0.05) is 38.4 Å². The first kappa shape index (κ1) is 24.4. The van der Waals surface area contributed by atoms with E-state index >= 15 is 0 Å². The highest BCUT2D eigenvalue weighted by Crippen LogP contribution is 2.21. The van der Waals surface area contributed by atoms with Crippen LogP contribution in [-0.4, -0.2) is 56.2 Å². The fraction of sp³-hybridized carbons (Fsp3) is 0.440. The number of benzene rings is 2. The molecule has 1 heterocycles. The average Bonchev–Trinajstić information content (AvgIpc) is 3.09. The molecule has 1 fully saturated rings. The lowest BCUT2D eigenvalue weighted by molar-refractivity contribution is -0.133. The van der Waals surface area contributed by atoms with E-state index < -0.39 is 12.1 Å². The van der Waals surface area contributed by atoms with Crippen LogP contribution in [0.2, 0.25) is 0 Å². The number of urea groups is 1. The maximum absolute atomic E-state index is 13.2. The molecular weight excluding hydrogens is 423 g/mol. The van der Waals surface area contributed by atoms with Crippen LogP contribution in [0.15, 0.2) is 48.5 Å². The lowest BCUT2D eigenvalue weighted by atomic mass is 10.1. The van der Waals surface area contributed by atoms with Crippen molar-refractivity contribution < 1.29 is 18.7 Å². The summed E-state index contributed by atoms with van der Waals surface area (Å²) < 4.78 is 18.3. The van der Waals surface area contributed by atoms with Gasteiger partial charge >= 0.3 is 6.03 Å². The second-order valence-corrected chi connectivity index (χ2v) is 8.16. The Morgan fingerprint density at radius 2 is 1.76 bits per heavy atom. The predicted octanol–water partition coefficient (Wildman–Crippen LogP) is 3.54. The van der Waals surface area contributed by atoms with Crippen molar-refractivity contribution in [2.75, 3.05) is 38.2 Å². The van der Waals surface area contributed by atoms with E-state index in [1.165, 1.54) is 12.1 Å². The van der Waals surface area contributed by atoms with Gasteiger partial charge in [0.15, 0.2) is 0 Å². The molecule has 7 nitrogen and oxygen atoms in total. The molecule has 0 radical (unpaired) electrons. The number of anilines is 1. The zero-order valence-electron chi connectivity index (χ0n) is 19.4. The molecule has 0 spiro atoms. The minimum atomic E-state index is -0.573. The first-order chi connectivity index (χ1) is 16.0. The molecule has 0 bridgehead atoms. The smallest absolute Gasteiger partial charge is 0.315 e. The molecule has 1 aliphatic heterocycles. The molecular formula is C25H33FN4O3. The number of ether oxygens (including phenoxy) is 1. The molecule has 2 aromatic rings. The lowest BCUT2D eigenvalue weighted by Gasteiger charge is -2.27. The van der Waals surface area contributed by atoms with Crippen molar-refractivity contribution in [2.24, 2.45) is 0 Å². The normalized spacial score (nSPS) is 14.9. The fourth-order valence-corrected chi connectivity index (χ4v) is 3.95. The van der Waals surface area contributed by atoms with Crippen molar-refractivity contribution in [1.82, 2.24) is 15.5 Å². The SMILES string of the molecule is CCCC(NC(=O)NCc1ccc(F)cc1)C(=O)N1CCCN(c2ccc(OC)cc2)CC1. The van der Waals surface area contributed by atoms with Gasteiger partial charge in [-0.3, -0.25) is 4.79 Å². The zero-order chi connectivity index (χ0) is 23.6. The standard InChI is InChI=1S/C25H33FN4O3/c1-3-5-23(28-25(32)27-18-19-6-8-20(26)9-7-19)24(31)30-15-4-14-29(16-17-30)21-10-12-22(33-2)13-11-21/h6-13,23H,3-5,14-18H2,1-2H3,(H2,27,28,32). The van der Waals surface area contributed by atoms with Crippen LogP contribution in [-0.2, 0) is 11.3 Å². The Morgan fingerprint density at radius 3 is 2.42 bits per heavy atom. The Morgan fingerprint density at radius 1 is 1.03 bits per heavy atom. The molecule has 33 heavy (non-hydrogen) atoms. The Kier molecular flexibility index (Phi) is 8.92. The summed E-state index contributed by atoms with van der Waals surface area (Å²) in [5.41, 5.74) is 1.89. The van der Waals surface area contributed by atoms with Gasteiger partial charge in [0.25, 0.3) is 0 Å². The van der Waals surface area contributed by atoms with Gasteiger partial charge < -0.3 is 25.2 Å². The Labute approximate surface area is 194 Å². The van der Waals surface area contributed by atoms with Crippen LogP contribution in [0, 0.1) is 5.82 Å². The molecule has 2 aromatic carbocycles. The largest absolute Gasteiger partial charge is 0.497 e. The number of carbonyl (C=O) groups is 2. The van der Waals surface area contributed by atoms with E-state index in [1.54, 1.807) is 19.2 Å². The van der Waals surface area contributed by atoms with Crippen molar-refractivity contribution in [2.45, 2.75) is 38.8 Å². The van der Waals surface area contributed by atoms with E-state index in [0.717, 1.165) is 42.9 Å². The molecule has 1 unspecified atom stereocenters. The third-order valence-electron chi connectivity index (χ3n) is 5.79. The van der Waals surface area contributed by atoms with E-state index in [-0.39, 0.29) is 18.3 Å². The number of hydrogen-bond acceptors (Lipinski definition) is 4. The van der Waals surface area contributed by atoms with E-state index in [2.05, 4.69) is 15.5 Å². The minimum absolute atomic E-state index is 0.0506. The third kappa shape index (κ3) is 7.10. The van der Waals surface area contributed by atoms with Crippen LogP contribution < -0.4 is 20.3 Å². The highest BCUT2D eigenvalue weighted by atomic mass is 19.1. The molecule has 8 heteroatoms. The van der Waals surface area contributed by atoms with E-state index in [0.29, 0.717) is 19.5 Å². The monoisotopic (exact) mass is 456 g/mol. The quantitative estimate of drug-likeness (QED) is 0.637. The molecule has 1 aliphatic rings. The molecule has 178 valence electrons. The van der Waals surface area contributed by atoms with Crippen LogP contribution in [0.4, 0.5) is 14.9 Å². The summed E-state index contributed by atoms with van der Waals surface area (Å²) in [6.45, 7) is 5.11. The highest BCUT2D eigenvalue weighted by Gasteiger charge is 2.27. The number of nitrogens with zero attached hydrogens (tertiary/aromatic N) is 2. The van der Waals surface area contributed by atoms with Crippen molar-refractivity contribution in [3.8, 4) is 5.75 Å². The number of carbonyl (C=O) groups excluding carboxylic acids is 2. The molecule has 1 atom stereocenters. The molecule has 0 aliphatic carbocycles. The number of halogens is 1. The van der Waals surface area contributed by atoms with Crippen LogP contribution >= 0.6 is 0 Å². The topological polar surface area (TPSA) is 73.9 Å². The summed E-state index contributed by atoms with van der Waals surface area (Å²) in [4.78, 5) is 29.8. The maximum Gasteiger partial charge on any atom is 0.315 e. The molecule has 0 aromatic heterocycles. The molecule has 3 rings (SSSR count). The number of nitrogens with one attached hydrogen (secondary N) is 2. The number of methoxy groups -OCH3 is 1. The van der Waals surface area contributed by atoms with Crippen molar-refractivity contribution >= 4 is 17.6 Å². The summed E-state index contributed by atoms with van der Waals surface area (Å²) in [7, 11) is 1.65. The number of rotatable bonds is 8.